The normalized spacial score (nSPS) is 23.9. The molecule has 1 saturated carbocycles. The second-order valence-corrected chi connectivity index (χ2v) is 5.62. The molecule has 1 amide bonds. The van der Waals surface area contributed by atoms with Gasteiger partial charge in [-0.2, -0.15) is 13.2 Å². The lowest BCUT2D eigenvalue weighted by molar-refractivity contribution is -0.143. The Hall–Kier alpha value is -0.820. The van der Waals surface area contributed by atoms with Crippen LogP contribution in [0.25, 0.3) is 0 Å². The number of alkyl halides is 3. The summed E-state index contributed by atoms with van der Waals surface area (Å²) in [5.74, 6) is -0.0507. The summed E-state index contributed by atoms with van der Waals surface area (Å²) in [6.07, 6.45) is -0.166. The van der Waals surface area contributed by atoms with Crippen LogP contribution in [0.2, 0.25) is 0 Å². The molecule has 1 aliphatic carbocycles. The summed E-state index contributed by atoms with van der Waals surface area (Å²) in [5, 5.41) is 2.79. The first-order valence-electron chi connectivity index (χ1n) is 7.06. The molecule has 0 aromatic carbocycles. The van der Waals surface area contributed by atoms with Gasteiger partial charge in [0, 0.05) is 18.5 Å². The zero-order valence-corrected chi connectivity index (χ0v) is 11.9. The molecule has 0 aromatic rings. The highest BCUT2D eigenvalue weighted by atomic mass is 19.4. The minimum Gasteiger partial charge on any atom is -0.356 e. The largest absolute Gasteiger partial charge is 0.401 e. The summed E-state index contributed by atoms with van der Waals surface area (Å²) in [5.41, 5.74) is 5.82. The summed E-state index contributed by atoms with van der Waals surface area (Å²) in [4.78, 5) is 13.1. The predicted octanol–water partition coefficient (Wildman–Crippen LogP) is 1.50. The summed E-state index contributed by atoms with van der Waals surface area (Å²) in [7, 11) is 1.43. The Balaban J connectivity index is 2.13. The van der Waals surface area contributed by atoms with Crippen LogP contribution >= 0.6 is 0 Å². The Morgan fingerprint density at radius 1 is 1.40 bits per heavy atom. The molecule has 3 N–H and O–H groups in total. The number of halogens is 3. The SMILES string of the molecule is CN(CCCNC(=O)C1CCCC(N)C1)CC(F)(F)F. The van der Waals surface area contributed by atoms with Crippen LogP contribution in [-0.4, -0.2) is 49.7 Å². The molecule has 1 fully saturated rings. The van der Waals surface area contributed by atoms with Gasteiger partial charge in [-0.3, -0.25) is 9.69 Å². The van der Waals surface area contributed by atoms with E-state index >= 15 is 0 Å². The molecule has 4 nitrogen and oxygen atoms in total. The van der Waals surface area contributed by atoms with Crippen molar-refractivity contribution < 1.29 is 18.0 Å². The van der Waals surface area contributed by atoms with Crippen molar-refractivity contribution >= 4 is 5.91 Å². The number of hydrogen-bond donors (Lipinski definition) is 2. The first kappa shape index (κ1) is 17.2. The fourth-order valence-corrected chi connectivity index (χ4v) is 2.56. The van der Waals surface area contributed by atoms with Crippen molar-refractivity contribution in [2.24, 2.45) is 11.7 Å². The van der Waals surface area contributed by atoms with Gasteiger partial charge in [0.05, 0.1) is 6.54 Å². The zero-order chi connectivity index (χ0) is 15.2. The second kappa shape index (κ2) is 7.83. The van der Waals surface area contributed by atoms with Crippen molar-refractivity contribution in [2.75, 3.05) is 26.7 Å². The molecule has 0 aliphatic heterocycles. The van der Waals surface area contributed by atoms with Crippen LogP contribution in [0.3, 0.4) is 0 Å². The van der Waals surface area contributed by atoms with Crippen LogP contribution in [0.15, 0.2) is 0 Å². The molecule has 0 heterocycles. The summed E-state index contributed by atoms with van der Waals surface area (Å²) in [6.45, 7) is -0.199. The topological polar surface area (TPSA) is 58.4 Å². The number of nitrogens with zero attached hydrogens (tertiary/aromatic N) is 1. The van der Waals surface area contributed by atoms with Crippen molar-refractivity contribution in [3.63, 3.8) is 0 Å². The van der Waals surface area contributed by atoms with Gasteiger partial charge in [-0.25, -0.2) is 0 Å². The molecule has 2 atom stereocenters. The number of hydrogen-bond acceptors (Lipinski definition) is 3. The number of nitrogens with one attached hydrogen (secondary N) is 1. The Morgan fingerprint density at radius 2 is 2.10 bits per heavy atom. The summed E-state index contributed by atoms with van der Waals surface area (Å²) < 4.78 is 36.3. The van der Waals surface area contributed by atoms with Gasteiger partial charge in [-0.1, -0.05) is 6.42 Å². The molecule has 0 aromatic heterocycles. The Morgan fingerprint density at radius 3 is 2.70 bits per heavy atom. The fraction of sp³-hybridized carbons (Fsp3) is 0.923. The third-order valence-electron chi connectivity index (χ3n) is 3.55. The van der Waals surface area contributed by atoms with Crippen molar-refractivity contribution in [2.45, 2.75) is 44.3 Å². The smallest absolute Gasteiger partial charge is 0.356 e. The molecular weight excluding hydrogens is 271 g/mol. The van der Waals surface area contributed by atoms with E-state index in [1.165, 1.54) is 11.9 Å². The minimum absolute atomic E-state index is 0.0152. The number of nitrogens with two attached hydrogens (primary N) is 1. The van der Waals surface area contributed by atoms with E-state index in [0.29, 0.717) is 25.9 Å². The van der Waals surface area contributed by atoms with Crippen molar-refractivity contribution in [1.82, 2.24) is 10.2 Å². The van der Waals surface area contributed by atoms with E-state index in [1.807, 2.05) is 0 Å². The van der Waals surface area contributed by atoms with Crippen LogP contribution < -0.4 is 11.1 Å². The highest BCUT2D eigenvalue weighted by molar-refractivity contribution is 5.78. The lowest BCUT2D eigenvalue weighted by Crippen LogP contribution is -2.39. The van der Waals surface area contributed by atoms with Gasteiger partial charge in [-0.15, -0.1) is 0 Å². The molecule has 1 rings (SSSR count). The third-order valence-corrected chi connectivity index (χ3v) is 3.55. The number of carbonyl (C=O) groups excluding carboxylic acids is 1. The first-order chi connectivity index (χ1) is 9.28. The molecule has 0 spiro atoms. The lowest BCUT2D eigenvalue weighted by atomic mass is 9.85. The van der Waals surface area contributed by atoms with Crippen LogP contribution in [0, 0.1) is 5.92 Å². The van der Waals surface area contributed by atoms with Gasteiger partial charge in [0.25, 0.3) is 0 Å². The maximum absolute atomic E-state index is 12.1. The van der Waals surface area contributed by atoms with Gasteiger partial charge < -0.3 is 11.1 Å². The Bertz CT molecular complexity index is 310. The van der Waals surface area contributed by atoms with Gasteiger partial charge in [-0.05, 0) is 39.3 Å². The average molecular weight is 295 g/mol. The van der Waals surface area contributed by atoms with Gasteiger partial charge in [0.1, 0.15) is 0 Å². The number of rotatable bonds is 6. The van der Waals surface area contributed by atoms with Crippen molar-refractivity contribution in [1.29, 1.82) is 0 Å². The van der Waals surface area contributed by atoms with E-state index in [0.717, 1.165) is 19.3 Å². The highest BCUT2D eigenvalue weighted by Gasteiger charge is 2.29. The van der Waals surface area contributed by atoms with Crippen LogP contribution in [0.4, 0.5) is 13.2 Å². The number of amides is 1. The summed E-state index contributed by atoms with van der Waals surface area (Å²) >= 11 is 0. The molecule has 20 heavy (non-hydrogen) atoms. The van der Waals surface area contributed by atoms with E-state index in [1.54, 1.807) is 0 Å². The third kappa shape index (κ3) is 7.09. The molecule has 7 heteroatoms. The van der Waals surface area contributed by atoms with Gasteiger partial charge >= 0.3 is 6.18 Å². The van der Waals surface area contributed by atoms with Crippen molar-refractivity contribution in [3.05, 3.63) is 0 Å². The van der Waals surface area contributed by atoms with Crippen LogP contribution in [0.5, 0.6) is 0 Å². The Kier molecular flexibility index (Phi) is 6.75. The second-order valence-electron chi connectivity index (χ2n) is 5.62. The molecule has 2 unspecified atom stereocenters. The van der Waals surface area contributed by atoms with E-state index < -0.39 is 12.7 Å². The van der Waals surface area contributed by atoms with Gasteiger partial charge in [0.2, 0.25) is 5.91 Å². The number of carbonyl (C=O) groups is 1. The molecule has 0 radical (unpaired) electrons. The molecule has 1 aliphatic rings. The van der Waals surface area contributed by atoms with E-state index in [-0.39, 0.29) is 17.9 Å². The van der Waals surface area contributed by atoms with Crippen LogP contribution in [-0.2, 0) is 4.79 Å². The molecular formula is C13H24F3N3O. The molecule has 0 saturated heterocycles. The predicted molar refractivity (Wildman–Crippen MR) is 71.1 cm³/mol. The first-order valence-corrected chi connectivity index (χ1v) is 7.06. The minimum atomic E-state index is -4.17. The maximum atomic E-state index is 12.1. The maximum Gasteiger partial charge on any atom is 0.401 e. The highest BCUT2D eigenvalue weighted by Crippen LogP contribution is 2.23. The van der Waals surface area contributed by atoms with E-state index in [9.17, 15) is 18.0 Å². The monoisotopic (exact) mass is 295 g/mol. The lowest BCUT2D eigenvalue weighted by Gasteiger charge is -2.25. The quantitative estimate of drug-likeness (QED) is 0.730. The van der Waals surface area contributed by atoms with Crippen LogP contribution in [0.1, 0.15) is 32.1 Å². The summed E-state index contributed by atoms with van der Waals surface area (Å²) in [6, 6.07) is 0.0948. The van der Waals surface area contributed by atoms with E-state index in [2.05, 4.69) is 5.32 Å². The van der Waals surface area contributed by atoms with Gasteiger partial charge in [0.15, 0.2) is 0 Å². The average Bonchev–Trinajstić information content (AvgIpc) is 2.32. The molecule has 0 bridgehead atoms. The Labute approximate surface area is 117 Å². The fourth-order valence-electron chi connectivity index (χ4n) is 2.56. The zero-order valence-electron chi connectivity index (χ0n) is 11.9. The molecule has 118 valence electrons. The standard InChI is InChI=1S/C13H24F3N3O/c1-19(9-13(14,15)16)7-3-6-18-12(20)10-4-2-5-11(17)8-10/h10-11H,2-9,17H2,1H3,(H,18,20). The van der Waals surface area contributed by atoms with E-state index in [4.69, 9.17) is 5.73 Å². The van der Waals surface area contributed by atoms with Crippen molar-refractivity contribution in [3.8, 4) is 0 Å².